The van der Waals surface area contributed by atoms with Gasteiger partial charge >= 0.3 is 0 Å². The maximum Gasteiger partial charge on any atom is 0.170 e. The average Bonchev–Trinajstić information content (AvgIpc) is 2.55. The van der Waals surface area contributed by atoms with Crippen molar-refractivity contribution in [3.05, 3.63) is 54.1 Å². The van der Waals surface area contributed by atoms with E-state index >= 15 is 0 Å². The molecular weight excluding hydrogens is 296 g/mol. The van der Waals surface area contributed by atoms with Crippen LogP contribution in [0.15, 0.2) is 42.1 Å². The largest absolute Gasteiger partial charge is 0.493 e. The monoisotopic (exact) mass is 317 g/mol. The lowest BCUT2D eigenvalue weighted by Crippen LogP contribution is -2.35. The fourth-order valence-corrected chi connectivity index (χ4v) is 2.36. The van der Waals surface area contributed by atoms with E-state index in [1.165, 1.54) is 5.56 Å². The Morgan fingerprint density at radius 1 is 1.23 bits per heavy atom. The molecule has 0 amide bonds. The summed E-state index contributed by atoms with van der Waals surface area (Å²) in [5.74, 6) is 1.48. The Balaban J connectivity index is 1.79. The zero-order chi connectivity index (χ0) is 15.8. The molecule has 0 fully saturated rings. The summed E-state index contributed by atoms with van der Waals surface area (Å²) in [7, 11) is 3.27. The summed E-state index contributed by atoms with van der Waals surface area (Å²) in [4.78, 5) is 0. The van der Waals surface area contributed by atoms with E-state index < -0.39 is 0 Å². The van der Waals surface area contributed by atoms with Crippen molar-refractivity contribution in [2.24, 2.45) is 0 Å². The van der Waals surface area contributed by atoms with Crippen molar-refractivity contribution in [3.8, 4) is 11.5 Å². The number of methoxy groups -OCH3 is 2. The quantitative estimate of drug-likeness (QED) is 0.790. The van der Waals surface area contributed by atoms with Crippen molar-refractivity contribution in [2.45, 2.75) is 12.8 Å². The van der Waals surface area contributed by atoms with Crippen LogP contribution in [0.25, 0.3) is 0 Å². The van der Waals surface area contributed by atoms with Crippen LogP contribution in [-0.2, 0) is 6.42 Å². The molecule has 1 aromatic carbocycles. The fraction of sp³-hybridized carbons (Fsp3) is 0.294. The van der Waals surface area contributed by atoms with Crippen LogP contribution >= 0.6 is 12.2 Å². The molecule has 2 N–H and O–H groups in total. The molecule has 0 saturated carbocycles. The molecule has 117 valence electrons. The van der Waals surface area contributed by atoms with Gasteiger partial charge in [-0.2, -0.15) is 0 Å². The van der Waals surface area contributed by atoms with Gasteiger partial charge in [0.05, 0.1) is 14.2 Å². The first kappa shape index (κ1) is 16.4. The van der Waals surface area contributed by atoms with Gasteiger partial charge in [-0.25, -0.2) is 0 Å². The van der Waals surface area contributed by atoms with Crippen molar-refractivity contribution in [3.63, 3.8) is 0 Å². The van der Waals surface area contributed by atoms with Crippen LogP contribution in [-0.4, -0.2) is 25.9 Å². The highest BCUT2D eigenvalue weighted by Crippen LogP contribution is 2.27. The zero-order valence-corrected chi connectivity index (χ0v) is 13.7. The van der Waals surface area contributed by atoms with Gasteiger partial charge in [0.1, 0.15) is 0 Å². The van der Waals surface area contributed by atoms with Crippen molar-refractivity contribution >= 4 is 17.3 Å². The van der Waals surface area contributed by atoms with E-state index in [1.807, 2.05) is 30.4 Å². The zero-order valence-electron chi connectivity index (χ0n) is 12.9. The molecule has 0 aromatic heterocycles. The molecule has 0 unspecified atom stereocenters. The van der Waals surface area contributed by atoms with Crippen molar-refractivity contribution in [1.29, 1.82) is 0 Å². The summed E-state index contributed by atoms with van der Waals surface area (Å²) < 4.78 is 10.5. The number of hydrogen-bond acceptors (Lipinski definition) is 3. The molecule has 4 nitrogen and oxygen atoms in total. The Labute approximate surface area is 137 Å². The van der Waals surface area contributed by atoms with E-state index in [4.69, 9.17) is 21.7 Å². The molecule has 0 bridgehead atoms. The summed E-state index contributed by atoms with van der Waals surface area (Å²) in [5, 5.41) is 7.02. The van der Waals surface area contributed by atoms with E-state index in [-0.39, 0.29) is 0 Å². The Hall–Kier alpha value is -2.01. The predicted molar refractivity (Wildman–Crippen MR) is 93.1 cm³/mol. The maximum atomic E-state index is 5.30. The number of ether oxygens (including phenoxy) is 2. The first-order valence-corrected chi connectivity index (χ1v) is 7.59. The van der Waals surface area contributed by atoms with Gasteiger partial charge in [0.25, 0.3) is 0 Å². The Morgan fingerprint density at radius 3 is 2.73 bits per heavy atom. The Bertz CT molecular complexity index is 582. The Kier molecular flexibility index (Phi) is 6.27. The molecule has 0 atom stereocenters. The van der Waals surface area contributed by atoms with Crippen LogP contribution in [0.3, 0.4) is 0 Å². The lowest BCUT2D eigenvalue weighted by atomic mass is 10.1. The van der Waals surface area contributed by atoms with Gasteiger partial charge in [-0.1, -0.05) is 18.2 Å². The molecule has 1 aliphatic carbocycles. The molecule has 1 aromatic rings. The summed E-state index contributed by atoms with van der Waals surface area (Å²) in [5.41, 5.74) is 2.20. The van der Waals surface area contributed by atoms with Gasteiger partial charge in [0.15, 0.2) is 16.6 Å². The lowest BCUT2D eigenvalue weighted by Gasteiger charge is -2.13. The third kappa shape index (κ3) is 4.77. The molecule has 22 heavy (non-hydrogen) atoms. The highest BCUT2D eigenvalue weighted by molar-refractivity contribution is 7.80. The van der Waals surface area contributed by atoms with Crippen molar-refractivity contribution in [2.75, 3.05) is 20.8 Å². The molecule has 0 aliphatic heterocycles. The molecule has 1 aliphatic rings. The van der Waals surface area contributed by atoms with Gasteiger partial charge in [-0.05, 0) is 55.3 Å². The first-order valence-electron chi connectivity index (χ1n) is 7.18. The number of allylic oxidation sites excluding steroid dienone is 3. The number of benzene rings is 1. The van der Waals surface area contributed by atoms with Crippen LogP contribution < -0.4 is 20.1 Å². The van der Waals surface area contributed by atoms with Crippen LogP contribution in [0.4, 0.5) is 0 Å². The third-order valence-electron chi connectivity index (χ3n) is 3.29. The topological polar surface area (TPSA) is 42.5 Å². The molecule has 5 heteroatoms. The third-order valence-corrected chi connectivity index (χ3v) is 3.54. The van der Waals surface area contributed by atoms with Gasteiger partial charge < -0.3 is 20.1 Å². The minimum Gasteiger partial charge on any atom is -0.493 e. The van der Waals surface area contributed by atoms with Crippen LogP contribution in [0.5, 0.6) is 11.5 Å². The van der Waals surface area contributed by atoms with E-state index in [1.54, 1.807) is 14.2 Å². The summed E-state index contributed by atoms with van der Waals surface area (Å²) >= 11 is 5.29. The predicted octanol–water partition coefficient (Wildman–Crippen LogP) is 2.76. The lowest BCUT2D eigenvalue weighted by molar-refractivity contribution is 0.354. The molecule has 0 heterocycles. The van der Waals surface area contributed by atoms with Gasteiger partial charge in [0.2, 0.25) is 0 Å². The number of hydrogen-bond donors (Lipinski definition) is 2. The van der Waals surface area contributed by atoms with Crippen molar-refractivity contribution < 1.29 is 9.47 Å². The van der Waals surface area contributed by atoms with Gasteiger partial charge in [-0.3, -0.25) is 0 Å². The van der Waals surface area contributed by atoms with Gasteiger partial charge in [-0.15, -0.1) is 0 Å². The summed E-state index contributed by atoms with van der Waals surface area (Å²) in [6.07, 6.45) is 10.0. The SMILES string of the molecule is COc1ccc(CCNC(=S)NC2=CC[CH]C=C2)cc1OC. The minimum atomic E-state index is 0.637. The van der Waals surface area contributed by atoms with E-state index in [0.29, 0.717) is 5.11 Å². The second-order valence-corrected chi connectivity index (χ2v) is 5.22. The average molecular weight is 317 g/mol. The van der Waals surface area contributed by atoms with Crippen LogP contribution in [0, 0.1) is 6.42 Å². The smallest absolute Gasteiger partial charge is 0.170 e. The summed E-state index contributed by atoms with van der Waals surface area (Å²) in [6.45, 7) is 0.754. The van der Waals surface area contributed by atoms with E-state index in [0.717, 1.165) is 36.6 Å². The molecule has 0 spiro atoms. The number of nitrogens with one attached hydrogen (secondary N) is 2. The van der Waals surface area contributed by atoms with Gasteiger partial charge in [0, 0.05) is 12.2 Å². The molecule has 1 radical (unpaired) electrons. The second kappa shape index (κ2) is 8.44. The normalized spacial score (nSPS) is 13.3. The van der Waals surface area contributed by atoms with Crippen LogP contribution in [0.1, 0.15) is 12.0 Å². The minimum absolute atomic E-state index is 0.637. The van der Waals surface area contributed by atoms with E-state index in [9.17, 15) is 0 Å². The molecular formula is C17H21N2O2S. The standard InChI is InChI=1S/C17H21N2O2S/c1-20-15-9-8-13(12-16(15)21-2)10-11-18-17(22)19-14-6-4-3-5-7-14/h3-4,6-9,12H,5,10-11H2,1-2H3,(H2,18,19,22). The first-order chi connectivity index (χ1) is 10.7. The Morgan fingerprint density at radius 2 is 2.05 bits per heavy atom. The van der Waals surface area contributed by atoms with E-state index in [2.05, 4.69) is 23.1 Å². The fourth-order valence-electron chi connectivity index (χ4n) is 2.14. The summed E-state index contributed by atoms with van der Waals surface area (Å²) in [6, 6.07) is 5.93. The highest BCUT2D eigenvalue weighted by atomic mass is 32.1. The second-order valence-electron chi connectivity index (χ2n) is 4.81. The number of rotatable bonds is 6. The highest BCUT2D eigenvalue weighted by Gasteiger charge is 2.05. The van der Waals surface area contributed by atoms with Crippen LogP contribution in [0.2, 0.25) is 0 Å². The number of thiocarbonyl (C=S) groups is 1. The molecule has 2 rings (SSSR count). The van der Waals surface area contributed by atoms with Crippen molar-refractivity contribution in [1.82, 2.24) is 10.6 Å². The molecule has 0 saturated heterocycles. The maximum absolute atomic E-state index is 5.30.